The molecular formula is C15H14ClF2NO. The van der Waals surface area contributed by atoms with Crippen LogP contribution in [0, 0.1) is 18.6 Å². The van der Waals surface area contributed by atoms with Crippen LogP contribution < -0.4 is 10.5 Å². The molecule has 0 atom stereocenters. The van der Waals surface area contributed by atoms with E-state index in [0.717, 1.165) is 5.56 Å². The molecule has 0 aromatic heterocycles. The van der Waals surface area contributed by atoms with Crippen LogP contribution in [0.15, 0.2) is 30.3 Å². The third kappa shape index (κ3) is 3.26. The van der Waals surface area contributed by atoms with Crippen molar-refractivity contribution in [3.8, 4) is 11.5 Å². The number of halogens is 3. The predicted octanol–water partition coefficient (Wildman–Crippen LogP) is 4.22. The maximum Gasteiger partial charge on any atom is 0.198 e. The van der Waals surface area contributed by atoms with Crippen LogP contribution in [0.2, 0.25) is 5.02 Å². The zero-order valence-electron chi connectivity index (χ0n) is 10.9. The van der Waals surface area contributed by atoms with Crippen LogP contribution in [-0.4, -0.2) is 6.54 Å². The zero-order valence-corrected chi connectivity index (χ0v) is 11.7. The SMILES string of the molecule is Cc1cc(Oc2c(F)cc(CCN)cc2F)ccc1Cl. The Morgan fingerprint density at radius 1 is 1.15 bits per heavy atom. The molecular weight excluding hydrogens is 284 g/mol. The number of rotatable bonds is 4. The quantitative estimate of drug-likeness (QED) is 0.917. The van der Waals surface area contributed by atoms with Crippen molar-refractivity contribution in [1.82, 2.24) is 0 Å². The van der Waals surface area contributed by atoms with Gasteiger partial charge in [-0.15, -0.1) is 0 Å². The monoisotopic (exact) mass is 297 g/mol. The van der Waals surface area contributed by atoms with Crippen molar-refractivity contribution in [2.45, 2.75) is 13.3 Å². The summed E-state index contributed by atoms with van der Waals surface area (Å²) in [7, 11) is 0. The minimum atomic E-state index is -0.749. The molecule has 0 aliphatic heterocycles. The summed E-state index contributed by atoms with van der Waals surface area (Å²) >= 11 is 5.89. The van der Waals surface area contributed by atoms with Gasteiger partial charge in [0.25, 0.3) is 0 Å². The van der Waals surface area contributed by atoms with E-state index in [1.54, 1.807) is 25.1 Å². The molecule has 20 heavy (non-hydrogen) atoms. The molecule has 2 aromatic carbocycles. The molecule has 2 rings (SSSR count). The van der Waals surface area contributed by atoms with Gasteiger partial charge in [0.1, 0.15) is 5.75 Å². The summed E-state index contributed by atoms with van der Waals surface area (Å²) in [6.45, 7) is 2.11. The van der Waals surface area contributed by atoms with E-state index >= 15 is 0 Å². The van der Waals surface area contributed by atoms with Crippen molar-refractivity contribution in [2.75, 3.05) is 6.54 Å². The van der Waals surface area contributed by atoms with E-state index in [9.17, 15) is 8.78 Å². The molecule has 0 aliphatic carbocycles. The first-order chi connectivity index (χ1) is 9.51. The van der Waals surface area contributed by atoms with Gasteiger partial charge in [0.05, 0.1) is 0 Å². The van der Waals surface area contributed by atoms with Crippen molar-refractivity contribution >= 4 is 11.6 Å². The number of benzene rings is 2. The van der Waals surface area contributed by atoms with Crippen LogP contribution in [0.5, 0.6) is 11.5 Å². The van der Waals surface area contributed by atoms with Crippen LogP contribution in [0.1, 0.15) is 11.1 Å². The fourth-order valence-electron chi connectivity index (χ4n) is 1.82. The minimum absolute atomic E-state index is 0.329. The number of hydrogen-bond donors (Lipinski definition) is 1. The lowest BCUT2D eigenvalue weighted by molar-refractivity contribution is 0.406. The molecule has 0 radical (unpaired) electrons. The lowest BCUT2D eigenvalue weighted by Gasteiger charge is -2.10. The summed E-state index contributed by atoms with van der Waals surface area (Å²) in [5.74, 6) is -1.59. The van der Waals surface area contributed by atoms with E-state index in [1.807, 2.05) is 0 Å². The largest absolute Gasteiger partial charge is 0.451 e. The Morgan fingerprint density at radius 3 is 2.35 bits per heavy atom. The molecule has 0 bridgehead atoms. The highest BCUT2D eigenvalue weighted by molar-refractivity contribution is 6.31. The smallest absolute Gasteiger partial charge is 0.198 e. The summed E-state index contributed by atoms with van der Waals surface area (Å²) < 4.78 is 33.0. The van der Waals surface area contributed by atoms with Crippen molar-refractivity contribution in [2.24, 2.45) is 5.73 Å². The number of nitrogens with two attached hydrogens (primary N) is 1. The van der Waals surface area contributed by atoms with E-state index in [4.69, 9.17) is 22.1 Å². The number of ether oxygens (including phenoxy) is 1. The first-order valence-corrected chi connectivity index (χ1v) is 6.51. The molecule has 106 valence electrons. The van der Waals surface area contributed by atoms with Crippen LogP contribution in [-0.2, 0) is 6.42 Å². The summed E-state index contributed by atoms with van der Waals surface area (Å²) in [6.07, 6.45) is 0.411. The second-order valence-electron chi connectivity index (χ2n) is 4.44. The Labute approximate surface area is 121 Å². The molecule has 0 unspecified atom stereocenters. The zero-order chi connectivity index (χ0) is 14.7. The molecule has 0 spiro atoms. The molecule has 5 heteroatoms. The summed E-state index contributed by atoms with van der Waals surface area (Å²) in [5.41, 5.74) is 6.63. The highest BCUT2D eigenvalue weighted by atomic mass is 35.5. The standard InChI is InChI=1S/C15H14ClF2NO/c1-9-6-11(2-3-12(9)16)20-15-13(17)7-10(4-5-19)8-14(15)18/h2-3,6-8H,4-5,19H2,1H3. The van der Waals surface area contributed by atoms with Gasteiger partial charge in [-0.1, -0.05) is 11.6 Å². The van der Waals surface area contributed by atoms with Crippen LogP contribution in [0.25, 0.3) is 0 Å². The van der Waals surface area contributed by atoms with Gasteiger partial charge in [-0.3, -0.25) is 0 Å². The van der Waals surface area contributed by atoms with Gasteiger partial charge in [-0.05, 0) is 61.3 Å². The Bertz CT molecular complexity index is 608. The van der Waals surface area contributed by atoms with E-state index in [0.29, 0.717) is 29.3 Å². The first kappa shape index (κ1) is 14.8. The van der Waals surface area contributed by atoms with Gasteiger partial charge in [-0.2, -0.15) is 0 Å². The molecule has 0 saturated heterocycles. The predicted molar refractivity (Wildman–Crippen MR) is 75.4 cm³/mol. The number of hydrogen-bond acceptors (Lipinski definition) is 2. The summed E-state index contributed by atoms with van der Waals surface area (Å²) in [6, 6.07) is 7.25. The van der Waals surface area contributed by atoms with E-state index in [2.05, 4.69) is 0 Å². The maximum atomic E-state index is 13.9. The Kier molecular flexibility index (Phi) is 4.57. The molecule has 2 N–H and O–H groups in total. The summed E-state index contributed by atoms with van der Waals surface area (Å²) in [4.78, 5) is 0. The van der Waals surface area contributed by atoms with E-state index in [-0.39, 0.29) is 0 Å². The Morgan fingerprint density at radius 2 is 1.80 bits per heavy atom. The van der Waals surface area contributed by atoms with Crippen LogP contribution in [0.3, 0.4) is 0 Å². The van der Waals surface area contributed by atoms with Crippen molar-refractivity contribution in [3.05, 3.63) is 58.1 Å². The van der Waals surface area contributed by atoms with Crippen molar-refractivity contribution in [3.63, 3.8) is 0 Å². The summed E-state index contributed by atoms with van der Waals surface area (Å²) in [5, 5.41) is 0.566. The average molecular weight is 298 g/mol. The van der Waals surface area contributed by atoms with Gasteiger partial charge in [0, 0.05) is 5.02 Å². The highest BCUT2D eigenvalue weighted by Gasteiger charge is 2.14. The highest BCUT2D eigenvalue weighted by Crippen LogP contribution is 2.30. The fourth-order valence-corrected chi connectivity index (χ4v) is 1.94. The van der Waals surface area contributed by atoms with Gasteiger partial charge >= 0.3 is 0 Å². The Balaban J connectivity index is 2.31. The third-order valence-corrected chi connectivity index (χ3v) is 3.26. The Hall–Kier alpha value is -1.65. The van der Waals surface area contributed by atoms with Crippen LogP contribution in [0.4, 0.5) is 8.78 Å². The van der Waals surface area contributed by atoms with Gasteiger partial charge < -0.3 is 10.5 Å². The molecule has 0 fully saturated rings. The molecule has 0 aliphatic rings. The fraction of sp³-hybridized carbons (Fsp3) is 0.200. The molecule has 2 aromatic rings. The molecule has 0 saturated carbocycles. The molecule has 0 heterocycles. The lowest BCUT2D eigenvalue weighted by Crippen LogP contribution is -2.04. The van der Waals surface area contributed by atoms with Crippen LogP contribution >= 0.6 is 11.6 Å². The maximum absolute atomic E-state index is 13.9. The van der Waals surface area contributed by atoms with Gasteiger partial charge in [-0.25, -0.2) is 8.78 Å². The third-order valence-electron chi connectivity index (χ3n) is 2.84. The molecule has 2 nitrogen and oxygen atoms in total. The van der Waals surface area contributed by atoms with E-state index in [1.165, 1.54) is 12.1 Å². The normalized spacial score (nSPS) is 10.7. The van der Waals surface area contributed by atoms with E-state index < -0.39 is 17.4 Å². The topological polar surface area (TPSA) is 35.2 Å². The minimum Gasteiger partial charge on any atom is -0.451 e. The number of aryl methyl sites for hydroxylation is 1. The lowest BCUT2D eigenvalue weighted by atomic mass is 10.1. The van der Waals surface area contributed by atoms with Gasteiger partial charge in [0.2, 0.25) is 0 Å². The first-order valence-electron chi connectivity index (χ1n) is 6.13. The second-order valence-corrected chi connectivity index (χ2v) is 4.85. The molecule has 0 amide bonds. The van der Waals surface area contributed by atoms with Crippen molar-refractivity contribution in [1.29, 1.82) is 0 Å². The second kappa shape index (κ2) is 6.20. The van der Waals surface area contributed by atoms with Gasteiger partial charge in [0.15, 0.2) is 17.4 Å². The van der Waals surface area contributed by atoms with Crippen molar-refractivity contribution < 1.29 is 13.5 Å². The average Bonchev–Trinajstić information content (AvgIpc) is 2.38.